The predicted octanol–water partition coefficient (Wildman–Crippen LogP) is -2.80. The smallest absolute Gasteiger partial charge is 0.332 e. The number of methoxy groups -OCH3 is 1. The third-order valence-corrected chi connectivity index (χ3v) is 3.39. The van der Waals surface area contributed by atoms with Crippen LogP contribution < -0.4 is 5.73 Å². The summed E-state index contributed by atoms with van der Waals surface area (Å²) in [5.41, 5.74) is 5.05. The number of aromatic nitrogens is 3. The minimum atomic E-state index is -1.36. The number of nitrogens with zero attached hydrogens (tertiary/aromatic N) is 3. The van der Waals surface area contributed by atoms with Crippen molar-refractivity contribution in [3.63, 3.8) is 0 Å². The van der Waals surface area contributed by atoms with Crippen LogP contribution in [0.25, 0.3) is 0 Å². The first-order valence-corrected chi connectivity index (χ1v) is 7.39. The van der Waals surface area contributed by atoms with Gasteiger partial charge in [-0.05, 0) is 0 Å². The lowest BCUT2D eigenvalue weighted by molar-refractivity contribution is -0.155. The Morgan fingerprint density at radius 3 is 2.76 bits per heavy atom. The van der Waals surface area contributed by atoms with Crippen LogP contribution in [0.5, 0.6) is 0 Å². The van der Waals surface area contributed by atoms with Crippen LogP contribution in [-0.2, 0) is 23.7 Å². The highest BCUT2D eigenvalue weighted by atomic mass is 16.6. The normalized spacial score (nSPS) is 25.9. The van der Waals surface area contributed by atoms with Crippen LogP contribution in [0.3, 0.4) is 0 Å². The van der Waals surface area contributed by atoms with Gasteiger partial charge in [0, 0.05) is 7.11 Å². The van der Waals surface area contributed by atoms with Gasteiger partial charge in [-0.3, -0.25) is 4.79 Å². The van der Waals surface area contributed by atoms with Crippen LogP contribution in [0.4, 0.5) is 0 Å². The molecule has 2 rings (SSSR count). The van der Waals surface area contributed by atoms with Crippen LogP contribution >= 0.6 is 0 Å². The molecule has 0 saturated carbocycles. The van der Waals surface area contributed by atoms with Crippen molar-refractivity contribution in [2.45, 2.75) is 24.5 Å². The summed E-state index contributed by atoms with van der Waals surface area (Å²) in [6, 6.07) is 0. The van der Waals surface area contributed by atoms with E-state index < -0.39 is 36.4 Å². The molecule has 2 unspecified atom stereocenters. The van der Waals surface area contributed by atoms with Gasteiger partial charge >= 0.3 is 5.97 Å². The maximum atomic E-state index is 11.5. The number of hydrogen-bond donors (Lipinski definition) is 3. The number of carbonyl (C=O) groups excluding carboxylic acids is 2. The fraction of sp³-hybridized carbons (Fsp3) is 0.692. The van der Waals surface area contributed by atoms with Crippen LogP contribution in [-0.4, -0.2) is 88.7 Å². The van der Waals surface area contributed by atoms with E-state index in [0.29, 0.717) is 6.61 Å². The number of amides is 1. The Kier molecular flexibility index (Phi) is 6.78. The highest BCUT2D eigenvalue weighted by Crippen LogP contribution is 2.28. The van der Waals surface area contributed by atoms with Crippen molar-refractivity contribution in [1.82, 2.24) is 14.8 Å². The number of esters is 1. The second-order valence-electron chi connectivity index (χ2n) is 5.19. The number of primary amides is 1. The number of rotatable bonds is 9. The molecule has 12 nitrogen and oxygen atoms in total. The fourth-order valence-electron chi connectivity index (χ4n) is 2.11. The largest absolute Gasteiger partial charge is 0.461 e. The molecular weight excluding hydrogens is 340 g/mol. The van der Waals surface area contributed by atoms with Crippen molar-refractivity contribution in [3.8, 4) is 0 Å². The molecule has 0 radical (unpaired) electrons. The lowest BCUT2D eigenvalue weighted by Gasteiger charge is -2.14. The summed E-state index contributed by atoms with van der Waals surface area (Å²) >= 11 is 0. The van der Waals surface area contributed by atoms with E-state index in [1.54, 1.807) is 0 Å². The third-order valence-electron chi connectivity index (χ3n) is 3.39. The van der Waals surface area contributed by atoms with Crippen molar-refractivity contribution in [2.24, 2.45) is 5.73 Å². The predicted molar refractivity (Wildman–Crippen MR) is 78.1 cm³/mol. The summed E-state index contributed by atoms with van der Waals surface area (Å²) in [7, 11) is 1.50. The van der Waals surface area contributed by atoms with E-state index in [2.05, 4.69) is 10.1 Å². The van der Waals surface area contributed by atoms with Gasteiger partial charge in [-0.25, -0.2) is 14.5 Å². The number of hydrogen-bond acceptors (Lipinski definition) is 10. The van der Waals surface area contributed by atoms with Gasteiger partial charge < -0.3 is 34.9 Å². The summed E-state index contributed by atoms with van der Waals surface area (Å²) < 4.78 is 21.2. The number of aliphatic hydroxyl groups is 2. The maximum Gasteiger partial charge on any atom is 0.332 e. The topological polar surface area (TPSA) is 168 Å². The van der Waals surface area contributed by atoms with Crippen LogP contribution in [0.1, 0.15) is 16.8 Å². The molecular formula is C13H20N4O8. The molecule has 4 N–H and O–H groups in total. The van der Waals surface area contributed by atoms with Crippen LogP contribution in [0.2, 0.25) is 0 Å². The minimum absolute atomic E-state index is 0.240. The molecule has 1 saturated heterocycles. The molecule has 1 aromatic rings. The Bertz CT molecular complexity index is 594. The maximum absolute atomic E-state index is 11.5. The van der Waals surface area contributed by atoms with Gasteiger partial charge in [0.2, 0.25) is 5.82 Å². The fourth-order valence-corrected chi connectivity index (χ4v) is 2.11. The van der Waals surface area contributed by atoms with Gasteiger partial charge in [-0.2, -0.15) is 0 Å². The molecule has 1 fully saturated rings. The summed E-state index contributed by atoms with van der Waals surface area (Å²) in [4.78, 5) is 26.2. The molecule has 0 aliphatic carbocycles. The molecule has 1 aliphatic heterocycles. The molecule has 1 aliphatic rings. The van der Waals surface area contributed by atoms with Gasteiger partial charge in [-0.15, -0.1) is 5.10 Å². The Balaban J connectivity index is 1.84. The van der Waals surface area contributed by atoms with Crippen LogP contribution in [0.15, 0.2) is 6.33 Å². The van der Waals surface area contributed by atoms with Gasteiger partial charge in [0.25, 0.3) is 5.91 Å². The molecule has 1 aromatic heterocycles. The SMILES string of the molecule is COCCOCC(=O)OCC1OC(n2cnc(C(N)=O)n2)[C@H](O)[C@@H]1O. The standard InChI is InChI=1S/C13H20N4O8/c1-22-2-3-23-5-8(18)24-4-7-9(19)10(20)13(25-7)17-6-15-12(16-17)11(14)21/h6-7,9-10,13,19-20H,2-5H2,1H3,(H2,14,21)/t7?,9-,10-,13?/m1/s1. The zero-order valence-electron chi connectivity index (χ0n) is 13.5. The Labute approximate surface area is 142 Å². The third kappa shape index (κ3) is 4.93. The lowest BCUT2D eigenvalue weighted by Crippen LogP contribution is -2.34. The molecule has 2 heterocycles. The first kappa shape index (κ1) is 19.2. The quantitative estimate of drug-likeness (QED) is 0.309. The summed E-state index contributed by atoms with van der Waals surface area (Å²) in [5.74, 6) is -1.75. The molecule has 140 valence electrons. The number of nitrogens with two attached hydrogens (primary N) is 1. The highest BCUT2D eigenvalue weighted by Gasteiger charge is 2.45. The van der Waals surface area contributed by atoms with Crippen molar-refractivity contribution in [2.75, 3.05) is 33.5 Å². The van der Waals surface area contributed by atoms with E-state index in [1.807, 2.05) is 0 Å². The lowest BCUT2D eigenvalue weighted by atomic mass is 10.1. The first-order valence-electron chi connectivity index (χ1n) is 7.39. The van der Waals surface area contributed by atoms with E-state index in [1.165, 1.54) is 7.11 Å². The zero-order valence-corrected chi connectivity index (χ0v) is 13.5. The monoisotopic (exact) mass is 360 g/mol. The van der Waals surface area contributed by atoms with Crippen molar-refractivity contribution in [3.05, 3.63) is 12.2 Å². The van der Waals surface area contributed by atoms with Gasteiger partial charge in [0.15, 0.2) is 6.23 Å². The molecule has 0 aromatic carbocycles. The van der Waals surface area contributed by atoms with E-state index in [4.69, 9.17) is 24.7 Å². The molecule has 4 atom stereocenters. The van der Waals surface area contributed by atoms with Crippen molar-refractivity contribution in [1.29, 1.82) is 0 Å². The number of carbonyl (C=O) groups is 2. The molecule has 12 heteroatoms. The number of ether oxygens (including phenoxy) is 4. The van der Waals surface area contributed by atoms with Gasteiger partial charge in [0.05, 0.1) is 13.2 Å². The average Bonchev–Trinajstić information content (AvgIpc) is 3.17. The Hall–Kier alpha value is -2.12. The van der Waals surface area contributed by atoms with Crippen molar-refractivity contribution >= 4 is 11.9 Å². The molecule has 1 amide bonds. The summed E-state index contributed by atoms with van der Waals surface area (Å²) in [6.45, 7) is 0.0159. The Morgan fingerprint density at radius 2 is 2.12 bits per heavy atom. The highest BCUT2D eigenvalue weighted by molar-refractivity contribution is 5.88. The van der Waals surface area contributed by atoms with E-state index in [-0.39, 0.29) is 25.6 Å². The van der Waals surface area contributed by atoms with E-state index in [9.17, 15) is 19.8 Å². The second kappa shape index (κ2) is 8.82. The molecule has 0 spiro atoms. The molecule has 25 heavy (non-hydrogen) atoms. The summed E-state index contributed by atoms with van der Waals surface area (Å²) in [6.07, 6.45) is -3.63. The Morgan fingerprint density at radius 1 is 1.36 bits per heavy atom. The van der Waals surface area contributed by atoms with Gasteiger partial charge in [-0.1, -0.05) is 0 Å². The average molecular weight is 360 g/mol. The second-order valence-corrected chi connectivity index (χ2v) is 5.19. The minimum Gasteiger partial charge on any atom is -0.461 e. The van der Waals surface area contributed by atoms with E-state index >= 15 is 0 Å². The summed E-state index contributed by atoms with van der Waals surface area (Å²) in [5, 5.41) is 23.8. The van der Waals surface area contributed by atoms with Gasteiger partial charge in [0.1, 0.15) is 37.9 Å². The number of aliphatic hydroxyl groups excluding tert-OH is 2. The zero-order chi connectivity index (χ0) is 18.4. The van der Waals surface area contributed by atoms with Crippen molar-refractivity contribution < 1.29 is 38.7 Å². The van der Waals surface area contributed by atoms with Crippen LogP contribution in [0, 0.1) is 0 Å². The van der Waals surface area contributed by atoms with E-state index in [0.717, 1.165) is 11.0 Å². The first-order chi connectivity index (χ1) is 11.9. The molecule has 0 bridgehead atoms.